The largest absolute Gasteiger partial charge is 0.422 e. The Morgan fingerprint density at radius 2 is 1.87 bits per heavy atom. The second-order valence-electron chi connectivity index (χ2n) is 5.17. The first kappa shape index (κ1) is 15.1. The summed E-state index contributed by atoms with van der Waals surface area (Å²) in [6.45, 7) is 1.95. The molecule has 23 heavy (non-hydrogen) atoms. The molecule has 0 fully saturated rings. The average molecular weight is 322 g/mol. The molecular weight excluding hydrogens is 310 g/mol. The first-order valence-electron chi connectivity index (χ1n) is 7.00. The molecule has 0 N–H and O–H groups in total. The number of hydrogen-bond donors (Lipinski definition) is 0. The number of hydrogen-bond acceptors (Lipinski definition) is 3. The van der Waals surface area contributed by atoms with Gasteiger partial charge in [0.05, 0.1) is 0 Å². The molecule has 0 aliphatic carbocycles. The number of nitrogens with zero attached hydrogens (tertiary/aromatic N) is 1. The molecule has 2 aromatic carbocycles. The van der Waals surface area contributed by atoms with Crippen molar-refractivity contribution in [3.8, 4) is 6.07 Å². The van der Waals surface area contributed by atoms with E-state index < -0.39 is 5.63 Å². The minimum atomic E-state index is -0.625. The van der Waals surface area contributed by atoms with E-state index in [9.17, 15) is 10.1 Å². The summed E-state index contributed by atoms with van der Waals surface area (Å²) in [7, 11) is 0. The molecule has 1 heterocycles. The summed E-state index contributed by atoms with van der Waals surface area (Å²) in [6, 6.07) is 14.8. The molecule has 0 bridgehead atoms. The molecule has 0 amide bonds. The SMILES string of the molecule is Cc1ccc2oc(=O)c(C#N)c(/C=C/c3ccc(Cl)cc3)c2c1. The van der Waals surface area contributed by atoms with Crippen molar-refractivity contribution in [3.63, 3.8) is 0 Å². The van der Waals surface area contributed by atoms with Crippen LogP contribution in [0, 0.1) is 18.3 Å². The lowest BCUT2D eigenvalue weighted by Gasteiger charge is -2.04. The highest BCUT2D eigenvalue weighted by molar-refractivity contribution is 6.30. The van der Waals surface area contributed by atoms with Gasteiger partial charge in [0.2, 0.25) is 0 Å². The Kier molecular flexibility index (Phi) is 4.01. The topological polar surface area (TPSA) is 54.0 Å². The third kappa shape index (κ3) is 3.03. The van der Waals surface area contributed by atoms with E-state index in [4.69, 9.17) is 16.0 Å². The monoisotopic (exact) mass is 321 g/mol. The third-order valence-electron chi connectivity index (χ3n) is 3.53. The van der Waals surface area contributed by atoms with Crippen LogP contribution < -0.4 is 5.63 Å². The van der Waals surface area contributed by atoms with Crippen molar-refractivity contribution in [1.82, 2.24) is 0 Å². The van der Waals surface area contributed by atoms with Crippen LogP contribution in [-0.4, -0.2) is 0 Å². The lowest BCUT2D eigenvalue weighted by molar-refractivity contribution is 0.558. The summed E-state index contributed by atoms with van der Waals surface area (Å²) in [5.74, 6) is 0. The highest BCUT2D eigenvalue weighted by Crippen LogP contribution is 2.23. The van der Waals surface area contributed by atoms with Gasteiger partial charge in [-0.1, -0.05) is 47.5 Å². The van der Waals surface area contributed by atoms with Crippen molar-refractivity contribution in [2.45, 2.75) is 6.92 Å². The van der Waals surface area contributed by atoms with Crippen LogP contribution in [0.5, 0.6) is 0 Å². The fraction of sp³-hybridized carbons (Fsp3) is 0.0526. The van der Waals surface area contributed by atoms with Crippen LogP contribution in [0.25, 0.3) is 23.1 Å². The van der Waals surface area contributed by atoms with Gasteiger partial charge >= 0.3 is 5.63 Å². The lowest BCUT2D eigenvalue weighted by Crippen LogP contribution is -2.06. The quantitative estimate of drug-likeness (QED) is 0.637. The standard InChI is InChI=1S/C19H12ClNO2/c1-12-2-9-18-16(10-12)15(17(11-21)19(22)23-18)8-5-13-3-6-14(20)7-4-13/h2-10H,1H3/b8-5+. The van der Waals surface area contributed by atoms with Gasteiger partial charge in [0.25, 0.3) is 0 Å². The van der Waals surface area contributed by atoms with E-state index in [1.54, 1.807) is 24.3 Å². The maximum atomic E-state index is 12.0. The van der Waals surface area contributed by atoms with Gasteiger partial charge in [-0.15, -0.1) is 0 Å². The summed E-state index contributed by atoms with van der Waals surface area (Å²) >= 11 is 5.87. The van der Waals surface area contributed by atoms with Crippen molar-refractivity contribution < 1.29 is 4.42 Å². The molecule has 0 saturated carbocycles. The van der Waals surface area contributed by atoms with Crippen LogP contribution in [0.1, 0.15) is 22.3 Å². The van der Waals surface area contributed by atoms with E-state index in [0.29, 0.717) is 16.2 Å². The van der Waals surface area contributed by atoms with E-state index in [1.807, 2.05) is 43.3 Å². The Hall–Kier alpha value is -2.83. The number of halogens is 1. The lowest BCUT2D eigenvalue weighted by atomic mass is 10.0. The predicted molar refractivity (Wildman–Crippen MR) is 92.3 cm³/mol. The van der Waals surface area contributed by atoms with Gasteiger partial charge < -0.3 is 4.42 Å². The van der Waals surface area contributed by atoms with Crippen LogP contribution in [0.4, 0.5) is 0 Å². The normalized spacial score (nSPS) is 11.0. The molecule has 0 aliphatic rings. The highest BCUT2D eigenvalue weighted by Gasteiger charge is 2.12. The van der Waals surface area contributed by atoms with Crippen LogP contribution in [0.2, 0.25) is 5.02 Å². The third-order valence-corrected chi connectivity index (χ3v) is 3.78. The van der Waals surface area contributed by atoms with E-state index in [-0.39, 0.29) is 5.56 Å². The van der Waals surface area contributed by atoms with Crippen molar-refractivity contribution in [2.75, 3.05) is 0 Å². The van der Waals surface area contributed by atoms with Gasteiger partial charge in [0, 0.05) is 16.0 Å². The molecule has 0 radical (unpaired) electrons. The summed E-state index contributed by atoms with van der Waals surface area (Å²) < 4.78 is 5.22. The molecule has 4 heteroatoms. The molecule has 1 aromatic heterocycles. The summed E-state index contributed by atoms with van der Waals surface area (Å²) in [6.07, 6.45) is 3.61. The van der Waals surface area contributed by atoms with Gasteiger partial charge in [-0.05, 0) is 36.8 Å². The van der Waals surface area contributed by atoms with E-state index in [2.05, 4.69) is 0 Å². The zero-order chi connectivity index (χ0) is 16.4. The molecular formula is C19H12ClNO2. The predicted octanol–water partition coefficient (Wildman–Crippen LogP) is 4.80. The number of nitriles is 1. The first-order chi connectivity index (χ1) is 11.1. The van der Waals surface area contributed by atoms with Gasteiger partial charge in [0.1, 0.15) is 17.2 Å². The molecule has 3 rings (SSSR count). The zero-order valence-electron chi connectivity index (χ0n) is 12.3. The fourth-order valence-electron chi connectivity index (χ4n) is 2.37. The minimum absolute atomic E-state index is 0.00770. The summed E-state index contributed by atoms with van der Waals surface area (Å²) in [5, 5.41) is 10.7. The van der Waals surface area contributed by atoms with E-state index in [0.717, 1.165) is 16.5 Å². The number of benzene rings is 2. The van der Waals surface area contributed by atoms with Crippen LogP contribution in [0.3, 0.4) is 0 Å². The van der Waals surface area contributed by atoms with Gasteiger partial charge in [-0.25, -0.2) is 4.79 Å². The highest BCUT2D eigenvalue weighted by atomic mass is 35.5. The van der Waals surface area contributed by atoms with Crippen LogP contribution in [-0.2, 0) is 0 Å². The summed E-state index contributed by atoms with van der Waals surface area (Å²) in [5.41, 5.74) is 2.37. The van der Waals surface area contributed by atoms with Crippen molar-refractivity contribution >= 4 is 34.7 Å². The number of aryl methyl sites for hydroxylation is 1. The fourth-order valence-corrected chi connectivity index (χ4v) is 2.50. The molecule has 3 aromatic rings. The minimum Gasteiger partial charge on any atom is -0.422 e. The Balaban J connectivity index is 2.22. The number of rotatable bonds is 2. The maximum absolute atomic E-state index is 12.0. The summed E-state index contributed by atoms with van der Waals surface area (Å²) in [4.78, 5) is 12.0. The maximum Gasteiger partial charge on any atom is 0.354 e. The Morgan fingerprint density at radius 3 is 2.57 bits per heavy atom. The second-order valence-corrected chi connectivity index (χ2v) is 5.61. The Labute approximate surface area is 138 Å². The zero-order valence-corrected chi connectivity index (χ0v) is 13.1. The van der Waals surface area contributed by atoms with Crippen molar-refractivity contribution in [1.29, 1.82) is 5.26 Å². The van der Waals surface area contributed by atoms with Gasteiger partial charge in [-0.3, -0.25) is 0 Å². The molecule has 0 unspecified atom stereocenters. The Morgan fingerprint density at radius 1 is 1.13 bits per heavy atom. The second kappa shape index (κ2) is 6.12. The van der Waals surface area contributed by atoms with Crippen molar-refractivity contribution in [2.24, 2.45) is 0 Å². The molecule has 0 aliphatic heterocycles. The molecule has 112 valence electrons. The van der Waals surface area contributed by atoms with Crippen LogP contribution in [0.15, 0.2) is 51.7 Å². The molecule has 0 spiro atoms. The number of fused-ring (bicyclic) bond motifs is 1. The van der Waals surface area contributed by atoms with Gasteiger partial charge in [-0.2, -0.15) is 5.26 Å². The smallest absolute Gasteiger partial charge is 0.354 e. The first-order valence-corrected chi connectivity index (χ1v) is 7.37. The van der Waals surface area contributed by atoms with E-state index in [1.165, 1.54) is 0 Å². The van der Waals surface area contributed by atoms with Crippen molar-refractivity contribution in [3.05, 3.63) is 80.2 Å². The molecule has 0 saturated heterocycles. The average Bonchev–Trinajstić information content (AvgIpc) is 2.54. The van der Waals surface area contributed by atoms with E-state index >= 15 is 0 Å². The van der Waals surface area contributed by atoms with Gasteiger partial charge in [0.15, 0.2) is 0 Å². The van der Waals surface area contributed by atoms with Crippen LogP contribution >= 0.6 is 11.6 Å². The molecule has 3 nitrogen and oxygen atoms in total. The molecule has 0 atom stereocenters. The Bertz CT molecular complexity index is 1010.